The van der Waals surface area contributed by atoms with Gasteiger partial charge in [-0.25, -0.2) is 4.39 Å². The summed E-state index contributed by atoms with van der Waals surface area (Å²) in [4.78, 5) is 24.9. The molecule has 0 atom stereocenters. The SMILES string of the molecule is CN(C)CCNC(=O)CC(=O)NCc1ccccc1F. The van der Waals surface area contributed by atoms with Gasteiger partial charge in [0.05, 0.1) is 0 Å². The molecular weight excluding hydrogens is 261 g/mol. The average Bonchev–Trinajstić information content (AvgIpc) is 2.37. The monoisotopic (exact) mass is 281 g/mol. The molecule has 6 heteroatoms. The van der Waals surface area contributed by atoms with E-state index in [-0.39, 0.29) is 24.7 Å². The first kappa shape index (κ1) is 16.1. The van der Waals surface area contributed by atoms with Crippen molar-refractivity contribution in [2.24, 2.45) is 0 Å². The van der Waals surface area contributed by atoms with Crippen molar-refractivity contribution in [2.75, 3.05) is 27.2 Å². The predicted octanol–water partition coefficient (Wildman–Crippen LogP) is 0.510. The largest absolute Gasteiger partial charge is 0.354 e. The van der Waals surface area contributed by atoms with Crippen LogP contribution in [0.25, 0.3) is 0 Å². The van der Waals surface area contributed by atoms with Crippen LogP contribution >= 0.6 is 0 Å². The van der Waals surface area contributed by atoms with Crippen molar-refractivity contribution in [1.29, 1.82) is 0 Å². The number of likely N-dealkylation sites (N-methyl/N-ethyl adjacent to an activating group) is 1. The zero-order valence-electron chi connectivity index (χ0n) is 11.8. The second kappa shape index (κ2) is 8.27. The summed E-state index contributed by atoms with van der Waals surface area (Å²) in [6.45, 7) is 1.28. The third kappa shape index (κ3) is 6.29. The molecule has 0 aromatic heterocycles. The van der Waals surface area contributed by atoms with Crippen LogP contribution in [0.2, 0.25) is 0 Å². The summed E-state index contributed by atoms with van der Waals surface area (Å²) in [5.74, 6) is -1.13. The van der Waals surface area contributed by atoms with Gasteiger partial charge in [0.1, 0.15) is 12.2 Å². The highest BCUT2D eigenvalue weighted by Gasteiger charge is 2.09. The van der Waals surface area contributed by atoms with E-state index in [9.17, 15) is 14.0 Å². The summed E-state index contributed by atoms with van der Waals surface area (Å²) in [5.41, 5.74) is 0.397. The lowest BCUT2D eigenvalue weighted by Gasteiger charge is -2.10. The maximum Gasteiger partial charge on any atom is 0.229 e. The van der Waals surface area contributed by atoms with Crippen molar-refractivity contribution in [3.05, 3.63) is 35.6 Å². The van der Waals surface area contributed by atoms with E-state index in [1.54, 1.807) is 18.2 Å². The first-order valence-electron chi connectivity index (χ1n) is 6.40. The highest BCUT2D eigenvalue weighted by atomic mass is 19.1. The van der Waals surface area contributed by atoms with Gasteiger partial charge < -0.3 is 15.5 Å². The van der Waals surface area contributed by atoms with Crippen LogP contribution in [0, 0.1) is 5.82 Å². The summed E-state index contributed by atoms with van der Waals surface area (Å²) in [7, 11) is 3.79. The zero-order chi connectivity index (χ0) is 15.0. The minimum absolute atomic E-state index is 0.0798. The van der Waals surface area contributed by atoms with E-state index in [0.717, 1.165) is 0 Å². The lowest BCUT2D eigenvalue weighted by Crippen LogP contribution is -2.35. The minimum atomic E-state index is -0.421. The Labute approximate surface area is 118 Å². The molecule has 0 radical (unpaired) electrons. The van der Waals surface area contributed by atoms with Gasteiger partial charge in [-0.05, 0) is 20.2 Å². The molecule has 0 heterocycles. The van der Waals surface area contributed by atoms with Crippen molar-refractivity contribution in [3.8, 4) is 0 Å². The smallest absolute Gasteiger partial charge is 0.229 e. The van der Waals surface area contributed by atoms with Crippen LogP contribution < -0.4 is 10.6 Å². The van der Waals surface area contributed by atoms with Crippen molar-refractivity contribution >= 4 is 11.8 Å². The van der Waals surface area contributed by atoms with Gasteiger partial charge in [0, 0.05) is 25.2 Å². The molecule has 0 aliphatic carbocycles. The van der Waals surface area contributed by atoms with Crippen LogP contribution in [-0.2, 0) is 16.1 Å². The van der Waals surface area contributed by atoms with Gasteiger partial charge in [-0.1, -0.05) is 18.2 Å². The fourth-order valence-electron chi connectivity index (χ4n) is 1.53. The average molecular weight is 281 g/mol. The number of nitrogens with zero attached hydrogens (tertiary/aromatic N) is 1. The standard InChI is InChI=1S/C14H20FN3O2/c1-18(2)8-7-16-13(19)9-14(20)17-10-11-5-3-4-6-12(11)15/h3-6H,7-10H2,1-2H3,(H,16,19)(H,17,20). The van der Waals surface area contributed by atoms with Gasteiger partial charge in [0.25, 0.3) is 0 Å². The van der Waals surface area contributed by atoms with E-state index >= 15 is 0 Å². The molecule has 20 heavy (non-hydrogen) atoms. The van der Waals surface area contributed by atoms with Crippen molar-refractivity contribution in [1.82, 2.24) is 15.5 Å². The van der Waals surface area contributed by atoms with Crippen molar-refractivity contribution in [2.45, 2.75) is 13.0 Å². The Hall–Kier alpha value is -1.95. The lowest BCUT2D eigenvalue weighted by molar-refractivity contribution is -0.129. The summed E-state index contributed by atoms with van der Waals surface area (Å²) in [6, 6.07) is 6.19. The Balaban J connectivity index is 2.26. The number of rotatable bonds is 7. The molecule has 2 N–H and O–H groups in total. The molecule has 1 aromatic carbocycles. The zero-order valence-corrected chi connectivity index (χ0v) is 11.8. The van der Waals surface area contributed by atoms with Crippen molar-refractivity contribution < 1.29 is 14.0 Å². The summed E-state index contributed by atoms with van der Waals surface area (Å²) < 4.78 is 13.3. The second-order valence-electron chi connectivity index (χ2n) is 4.70. The molecule has 0 aliphatic heterocycles. The number of benzene rings is 1. The summed E-state index contributed by atoms with van der Waals surface area (Å²) in [5, 5.41) is 5.16. The van der Waals surface area contributed by atoms with Crippen LogP contribution in [0.5, 0.6) is 0 Å². The molecule has 0 spiro atoms. The number of carbonyl (C=O) groups excluding carboxylic acids is 2. The molecule has 1 aromatic rings. The molecule has 0 saturated carbocycles. The quantitative estimate of drug-likeness (QED) is 0.716. The third-order valence-corrected chi connectivity index (χ3v) is 2.64. The van der Waals surface area contributed by atoms with Crippen LogP contribution in [0.15, 0.2) is 24.3 Å². The predicted molar refractivity (Wildman–Crippen MR) is 74.4 cm³/mol. The van der Waals surface area contributed by atoms with Gasteiger partial charge in [0.15, 0.2) is 0 Å². The first-order valence-corrected chi connectivity index (χ1v) is 6.40. The van der Waals surface area contributed by atoms with E-state index in [4.69, 9.17) is 0 Å². The molecule has 0 unspecified atom stereocenters. The number of nitrogens with one attached hydrogen (secondary N) is 2. The molecular formula is C14H20FN3O2. The van der Waals surface area contributed by atoms with Crippen LogP contribution in [0.1, 0.15) is 12.0 Å². The molecule has 110 valence electrons. The summed E-state index contributed by atoms with van der Waals surface area (Å²) >= 11 is 0. The number of amides is 2. The first-order chi connectivity index (χ1) is 9.49. The van der Waals surface area contributed by atoms with E-state index < -0.39 is 5.91 Å². The Morgan fingerprint density at radius 2 is 1.80 bits per heavy atom. The molecule has 0 fully saturated rings. The van der Waals surface area contributed by atoms with Crippen LogP contribution in [0.4, 0.5) is 4.39 Å². The molecule has 2 amide bonds. The molecule has 0 saturated heterocycles. The highest BCUT2D eigenvalue weighted by molar-refractivity contribution is 5.96. The fraction of sp³-hybridized carbons (Fsp3) is 0.429. The maximum absolute atomic E-state index is 13.3. The van der Waals surface area contributed by atoms with E-state index in [1.807, 2.05) is 19.0 Å². The van der Waals surface area contributed by atoms with Gasteiger partial charge in [-0.2, -0.15) is 0 Å². The third-order valence-electron chi connectivity index (χ3n) is 2.64. The van der Waals surface area contributed by atoms with Gasteiger partial charge in [-0.3, -0.25) is 9.59 Å². The molecule has 0 bridgehead atoms. The lowest BCUT2D eigenvalue weighted by atomic mass is 10.2. The van der Waals surface area contributed by atoms with Crippen LogP contribution in [-0.4, -0.2) is 43.9 Å². The number of carbonyl (C=O) groups is 2. The Morgan fingerprint density at radius 3 is 2.45 bits per heavy atom. The van der Waals surface area contributed by atoms with Gasteiger partial charge in [-0.15, -0.1) is 0 Å². The highest BCUT2D eigenvalue weighted by Crippen LogP contribution is 2.05. The number of hydrogen-bond acceptors (Lipinski definition) is 3. The van der Waals surface area contributed by atoms with Crippen molar-refractivity contribution in [3.63, 3.8) is 0 Å². The second-order valence-corrected chi connectivity index (χ2v) is 4.70. The van der Waals surface area contributed by atoms with Crippen LogP contribution in [0.3, 0.4) is 0 Å². The Bertz CT molecular complexity index is 463. The molecule has 1 rings (SSSR count). The normalized spacial score (nSPS) is 10.4. The van der Waals surface area contributed by atoms with E-state index in [2.05, 4.69) is 10.6 Å². The maximum atomic E-state index is 13.3. The van der Waals surface area contributed by atoms with E-state index in [1.165, 1.54) is 6.07 Å². The Kier molecular flexibility index (Phi) is 6.66. The number of halogens is 1. The summed E-state index contributed by atoms with van der Waals surface area (Å²) in [6.07, 6.45) is -0.248. The molecule has 5 nitrogen and oxygen atoms in total. The van der Waals surface area contributed by atoms with E-state index in [0.29, 0.717) is 18.7 Å². The molecule has 0 aliphatic rings. The fourth-order valence-corrected chi connectivity index (χ4v) is 1.53. The topological polar surface area (TPSA) is 61.4 Å². The minimum Gasteiger partial charge on any atom is -0.354 e. The Morgan fingerprint density at radius 1 is 1.15 bits per heavy atom. The number of hydrogen-bond donors (Lipinski definition) is 2. The van der Waals surface area contributed by atoms with Gasteiger partial charge in [0.2, 0.25) is 11.8 Å². The van der Waals surface area contributed by atoms with Gasteiger partial charge >= 0.3 is 0 Å².